The van der Waals surface area contributed by atoms with E-state index < -0.39 is 5.97 Å². The third-order valence-electron chi connectivity index (χ3n) is 6.85. The van der Waals surface area contributed by atoms with E-state index in [4.69, 9.17) is 5.26 Å². The van der Waals surface area contributed by atoms with Crippen molar-refractivity contribution in [2.24, 2.45) is 0 Å². The molecule has 1 saturated carbocycles. The molecule has 0 radical (unpaired) electrons. The molecule has 1 aliphatic heterocycles. The third-order valence-corrected chi connectivity index (χ3v) is 6.85. The molecule has 0 bridgehead atoms. The second kappa shape index (κ2) is 8.55. The molecular formula is C26H28N2O3. The Labute approximate surface area is 183 Å². The average molecular weight is 417 g/mol. The Hall–Kier alpha value is -3.13. The minimum absolute atomic E-state index is 0.0527. The molecule has 5 nitrogen and oxygen atoms in total. The molecule has 0 unspecified atom stereocenters. The van der Waals surface area contributed by atoms with Crippen molar-refractivity contribution in [3.63, 3.8) is 0 Å². The van der Waals surface area contributed by atoms with Crippen molar-refractivity contribution in [1.82, 2.24) is 4.90 Å². The van der Waals surface area contributed by atoms with Crippen LogP contribution in [0.15, 0.2) is 30.3 Å². The summed E-state index contributed by atoms with van der Waals surface area (Å²) in [4.78, 5) is 27.3. The normalized spacial score (nSPS) is 16.7. The fourth-order valence-electron chi connectivity index (χ4n) is 5.01. The number of likely N-dealkylation sites (tertiary alicyclic amines) is 1. The van der Waals surface area contributed by atoms with E-state index in [-0.39, 0.29) is 5.91 Å². The fourth-order valence-corrected chi connectivity index (χ4v) is 5.01. The molecule has 1 N–H and O–H groups in total. The van der Waals surface area contributed by atoms with E-state index in [2.05, 4.69) is 6.07 Å². The van der Waals surface area contributed by atoms with E-state index in [1.165, 1.54) is 5.56 Å². The van der Waals surface area contributed by atoms with Crippen molar-refractivity contribution in [2.75, 3.05) is 13.1 Å². The number of amides is 1. The summed E-state index contributed by atoms with van der Waals surface area (Å²) in [6, 6.07) is 11.5. The maximum Gasteiger partial charge on any atom is 0.336 e. The van der Waals surface area contributed by atoms with Crippen molar-refractivity contribution in [3.05, 3.63) is 69.3 Å². The number of carboxylic acids is 1. The van der Waals surface area contributed by atoms with Gasteiger partial charge in [0.05, 0.1) is 17.2 Å². The molecule has 4 rings (SSSR count). The lowest BCUT2D eigenvalue weighted by Crippen LogP contribution is -2.38. The first-order valence-electron chi connectivity index (χ1n) is 11.1. The first-order valence-corrected chi connectivity index (χ1v) is 11.1. The van der Waals surface area contributed by atoms with Crippen LogP contribution < -0.4 is 0 Å². The number of benzene rings is 2. The summed E-state index contributed by atoms with van der Waals surface area (Å²) >= 11 is 0. The largest absolute Gasteiger partial charge is 0.478 e. The Balaban J connectivity index is 1.56. The molecule has 5 heteroatoms. The minimum atomic E-state index is -0.943. The molecule has 31 heavy (non-hydrogen) atoms. The molecule has 2 aliphatic rings. The topological polar surface area (TPSA) is 81.4 Å². The average Bonchev–Trinajstić information content (AvgIpc) is 3.63. The van der Waals surface area contributed by atoms with Crippen molar-refractivity contribution in [3.8, 4) is 6.07 Å². The van der Waals surface area contributed by atoms with Crippen LogP contribution in [-0.2, 0) is 6.42 Å². The minimum Gasteiger partial charge on any atom is -0.478 e. The van der Waals surface area contributed by atoms with Gasteiger partial charge in [-0.3, -0.25) is 4.79 Å². The number of rotatable bonds is 5. The number of piperidine rings is 1. The molecule has 1 amide bonds. The summed E-state index contributed by atoms with van der Waals surface area (Å²) in [5, 5.41) is 18.8. The summed E-state index contributed by atoms with van der Waals surface area (Å²) in [5.41, 5.74) is 5.62. The number of nitriles is 1. The first kappa shape index (κ1) is 21.1. The van der Waals surface area contributed by atoms with Gasteiger partial charge < -0.3 is 10.0 Å². The van der Waals surface area contributed by atoms with Crippen LogP contribution >= 0.6 is 0 Å². The van der Waals surface area contributed by atoms with Crippen molar-refractivity contribution >= 4 is 11.9 Å². The van der Waals surface area contributed by atoms with Crippen LogP contribution in [0.3, 0.4) is 0 Å². The lowest BCUT2D eigenvalue weighted by atomic mass is 9.86. The van der Waals surface area contributed by atoms with Gasteiger partial charge >= 0.3 is 5.97 Å². The Morgan fingerprint density at radius 1 is 1.06 bits per heavy atom. The zero-order chi connectivity index (χ0) is 22.1. The van der Waals surface area contributed by atoms with Gasteiger partial charge in [0.1, 0.15) is 0 Å². The molecule has 0 aromatic heterocycles. The van der Waals surface area contributed by atoms with Crippen LogP contribution in [0, 0.1) is 18.3 Å². The summed E-state index contributed by atoms with van der Waals surface area (Å²) in [6.07, 6.45) is 4.50. The highest BCUT2D eigenvalue weighted by molar-refractivity contribution is 6.00. The van der Waals surface area contributed by atoms with Gasteiger partial charge in [-0.2, -0.15) is 5.26 Å². The number of hydrogen-bond acceptors (Lipinski definition) is 3. The molecule has 160 valence electrons. The van der Waals surface area contributed by atoms with Crippen LogP contribution in [0.4, 0.5) is 0 Å². The van der Waals surface area contributed by atoms with Gasteiger partial charge in [0.2, 0.25) is 0 Å². The van der Waals surface area contributed by atoms with E-state index in [0.29, 0.717) is 48.0 Å². The quantitative estimate of drug-likeness (QED) is 0.742. The predicted molar refractivity (Wildman–Crippen MR) is 119 cm³/mol. The monoisotopic (exact) mass is 416 g/mol. The van der Waals surface area contributed by atoms with Crippen LogP contribution in [-0.4, -0.2) is 35.0 Å². The van der Waals surface area contributed by atoms with E-state index in [0.717, 1.165) is 42.4 Å². The molecule has 2 fully saturated rings. The van der Waals surface area contributed by atoms with Gasteiger partial charge in [0.25, 0.3) is 5.91 Å². The van der Waals surface area contributed by atoms with Gasteiger partial charge in [0.15, 0.2) is 0 Å². The van der Waals surface area contributed by atoms with Gasteiger partial charge in [-0.05, 0) is 91.3 Å². The standard InChI is InChI=1S/C26H28N2O3/c1-3-21-16(2)24(20-8-9-20)23(26(30)31)14-22(21)25(29)28-12-10-19(11-13-28)18-6-4-17(15-27)5-7-18/h4-7,14,19-20H,3,8-13H2,1-2H3,(H,30,31). The van der Waals surface area contributed by atoms with Crippen LogP contribution in [0.25, 0.3) is 0 Å². The van der Waals surface area contributed by atoms with E-state index in [1.807, 2.05) is 43.0 Å². The van der Waals surface area contributed by atoms with E-state index in [9.17, 15) is 14.7 Å². The van der Waals surface area contributed by atoms with Gasteiger partial charge in [-0.1, -0.05) is 19.1 Å². The first-order chi connectivity index (χ1) is 14.9. The summed E-state index contributed by atoms with van der Waals surface area (Å²) in [6.45, 7) is 5.32. The fraction of sp³-hybridized carbons (Fsp3) is 0.423. The number of aromatic carboxylic acids is 1. The van der Waals surface area contributed by atoms with Crippen molar-refractivity contribution < 1.29 is 14.7 Å². The third kappa shape index (κ3) is 4.07. The number of carbonyl (C=O) groups excluding carboxylic acids is 1. The van der Waals surface area contributed by atoms with Crippen LogP contribution in [0.1, 0.15) is 93.0 Å². The maximum absolute atomic E-state index is 13.4. The Morgan fingerprint density at radius 3 is 2.23 bits per heavy atom. The summed E-state index contributed by atoms with van der Waals surface area (Å²) in [5.74, 6) is -0.302. The van der Waals surface area contributed by atoms with Crippen molar-refractivity contribution in [2.45, 2.75) is 57.8 Å². The van der Waals surface area contributed by atoms with Crippen molar-refractivity contribution in [1.29, 1.82) is 5.26 Å². The number of carboxylic acid groups (broad SMARTS) is 1. The molecule has 1 saturated heterocycles. The Bertz CT molecular complexity index is 1050. The second-order valence-corrected chi connectivity index (χ2v) is 8.72. The zero-order valence-electron chi connectivity index (χ0n) is 18.1. The van der Waals surface area contributed by atoms with Crippen LogP contribution in [0.2, 0.25) is 0 Å². The molecule has 0 spiro atoms. The number of carbonyl (C=O) groups is 2. The maximum atomic E-state index is 13.4. The lowest BCUT2D eigenvalue weighted by Gasteiger charge is -2.33. The molecule has 1 heterocycles. The predicted octanol–water partition coefficient (Wildman–Crippen LogP) is 5.02. The Morgan fingerprint density at radius 2 is 1.71 bits per heavy atom. The van der Waals surface area contributed by atoms with Gasteiger partial charge in [0, 0.05) is 18.7 Å². The molecule has 2 aromatic carbocycles. The van der Waals surface area contributed by atoms with Gasteiger partial charge in [-0.25, -0.2) is 4.79 Å². The molecule has 0 atom stereocenters. The lowest BCUT2D eigenvalue weighted by molar-refractivity contribution is 0.0695. The highest BCUT2D eigenvalue weighted by atomic mass is 16.4. The smallest absolute Gasteiger partial charge is 0.336 e. The number of nitrogens with zero attached hydrogens (tertiary/aromatic N) is 2. The second-order valence-electron chi connectivity index (χ2n) is 8.72. The van der Waals surface area contributed by atoms with Crippen LogP contribution in [0.5, 0.6) is 0 Å². The number of hydrogen-bond donors (Lipinski definition) is 1. The zero-order valence-corrected chi connectivity index (χ0v) is 18.1. The molecular weight excluding hydrogens is 388 g/mol. The molecule has 2 aromatic rings. The Kier molecular flexibility index (Phi) is 5.82. The van der Waals surface area contributed by atoms with Gasteiger partial charge in [-0.15, -0.1) is 0 Å². The SMILES string of the molecule is CCc1c(C(=O)N2CCC(c3ccc(C#N)cc3)CC2)cc(C(=O)O)c(C2CC2)c1C. The molecule has 1 aliphatic carbocycles. The highest BCUT2D eigenvalue weighted by Gasteiger charge is 2.33. The van der Waals surface area contributed by atoms with E-state index in [1.54, 1.807) is 6.07 Å². The summed E-state index contributed by atoms with van der Waals surface area (Å²) in [7, 11) is 0. The summed E-state index contributed by atoms with van der Waals surface area (Å²) < 4.78 is 0. The van der Waals surface area contributed by atoms with E-state index >= 15 is 0 Å². The highest BCUT2D eigenvalue weighted by Crippen LogP contribution is 2.45.